The number of esters is 3. The van der Waals surface area contributed by atoms with Crippen molar-refractivity contribution < 1.29 is 28.6 Å². The second-order valence-corrected chi connectivity index (χ2v) is 8.63. The first-order chi connectivity index (χ1) is 12.3. The number of carbonyl (C=O) groups is 3. The third-order valence-corrected chi connectivity index (χ3v) is 5.07. The highest BCUT2D eigenvalue weighted by molar-refractivity contribution is 5.82. The molecule has 158 valence electrons. The Morgan fingerprint density at radius 3 is 1.74 bits per heavy atom. The zero-order chi connectivity index (χ0) is 21.5. The number of nitrogens with zero attached hydrogens (tertiary/aromatic N) is 1. The van der Waals surface area contributed by atoms with Crippen molar-refractivity contribution in [3.05, 3.63) is 0 Å². The van der Waals surface area contributed by atoms with Crippen molar-refractivity contribution in [3.63, 3.8) is 0 Å². The van der Waals surface area contributed by atoms with Gasteiger partial charge in [0.15, 0.2) is 0 Å². The molecule has 0 amide bonds. The molecule has 0 heterocycles. The maximum atomic E-state index is 12.7. The molecule has 0 rings (SSSR count). The van der Waals surface area contributed by atoms with Crippen LogP contribution in [0.2, 0.25) is 0 Å². The van der Waals surface area contributed by atoms with Crippen molar-refractivity contribution >= 4 is 17.9 Å². The fraction of sp³-hybridized carbons (Fsp3) is 0.850. The summed E-state index contributed by atoms with van der Waals surface area (Å²) in [7, 11) is 6.42. The molecule has 0 aliphatic carbocycles. The Bertz CT molecular complexity index is 531. The second kappa shape index (κ2) is 10.1. The number of carbonyl (C=O) groups excluding carboxylic acids is 3. The first kappa shape index (κ1) is 25.4. The summed E-state index contributed by atoms with van der Waals surface area (Å²) in [6.07, 6.45) is 0.906. The van der Waals surface area contributed by atoms with Gasteiger partial charge in [0.25, 0.3) is 0 Å². The van der Waals surface area contributed by atoms with Gasteiger partial charge >= 0.3 is 17.9 Å². The first-order valence-corrected chi connectivity index (χ1v) is 9.27. The van der Waals surface area contributed by atoms with Gasteiger partial charge in [-0.15, -0.1) is 0 Å². The molecule has 0 N–H and O–H groups in total. The second-order valence-electron chi connectivity index (χ2n) is 8.63. The minimum Gasteiger partial charge on any atom is -0.469 e. The minimum atomic E-state index is -1.04. The maximum Gasteiger partial charge on any atom is 0.311 e. The van der Waals surface area contributed by atoms with Crippen LogP contribution in [-0.2, 0) is 28.6 Å². The van der Waals surface area contributed by atoms with Gasteiger partial charge in [-0.2, -0.15) is 0 Å². The number of hydrogen-bond donors (Lipinski definition) is 0. The Balaban J connectivity index is 5.58. The number of ether oxygens (including phenoxy) is 3. The lowest BCUT2D eigenvalue weighted by Crippen LogP contribution is -2.44. The average molecular weight is 388 g/mol. The van der Waals surface area contributed by atoms with E-state index in [0.29, 0.717) is 13.0 Å². The third kappa shape index (κ3) is 7.13. The van der Waals surface area contributed by atoms with Crippen LogP contribution >= 0.6 is 0 Å². The highest BCUT2D eigenvalue weighted by Crippen LogP contribution is 2.45. The van der Waals surface area contributed by atoms with Crippen molar-refractivity contribution in [2.45, 2.75) is 53.9 Å². The molecule has 2 atom stereocenters. The van der Waals surface area contributed by atoms with Crippen LogP contribution in [0.5, 0.6) is 0 Å². The van der Waals surface area contributed by atoms with Gasteiger partial charge in [0.05, 0.1) is 30.5 Å². The monoisotopic (exact) mass is 387 g/mol. The van der Waals surface area contributed by atoms with Crippen molar-refractivity contribution in [1.29, 1.82) is 0 Å². The Kier molecular flexibility index (Phi) is 9.45. The van der Waals surface area contributed by atoms with Crippen LogP contribution in [0, 0.1) is 16.2 Å². The maximum absolute atomic E-state index is 12.7. The summed E-state index contributed by atoms with van der Waals surface area (Å²) in [5.41, 5.74) is -2.82. The summed E-state index contributed by atoms with van der Waals surface area (Å²) >= 11 is 0. The van der Waals surface area contributed by atoms with Crippen LogP contribution in [0.15, 0.2) is 0 Å². The fourth-order valence-corrected chi connectivity index (χ4v) is 3.47. The SMILES string of the molecule is CCC(C)(CC(C)(CC(C)(C)C(=O)OC)C(=O)OC)C(=O)OCCN(C)C. The molecule has 2 unspecified atom stereocenters. The van der Waals surface area contributed by atoms with Gasteiger partial charge in [0.1, 0.15) is 6.61 Å². The van der Waals surface area contributed by atoms with E-state index in [-0.39, 0.29) is 25.4 Å². The van der Waals surface area contributed by atoms with Crippen molar-refractivity contribution in [3.8, 4) is 0 Å². The van der Waals surface area contributed by atoms with Gasteiger partial charge < -0.3 is 19.1 Å². The molecule has 0 bridgehead atoms. The number of rotatable bonds is 11. The lowest BCUT2D eigenvalue weighted by molar-refractivity contribution is -0.166. The Labute approximate surface area is 163 Å². The lowest BCUT2D eigenvalue weighted by atomic mass is 9.65. The Hall–Kier alpha value is -1.63. The molecule has 7 heteroatoms. The standard InChI is InChI=1S/C20H37NO6/c1-10-19(4,17(24)27-12-11-21(6)7)14-20(5,16(23)26-9)13-18(2,3)15(22)25-8/h10-14H2,1-9H3. The van der Waals surface area contributed by atoms with Crippen LogP contribution in [0.3, 0.4) is 0 Å². The molecule has 0 aromatic rings. The first-order valence-electron chi connectivity index (χ1n) is 9.27. The van der Waals surface area contributed by atoms with E-state index in [0.717, 1.165) is 0 Å². The number of methoxy groups -OCH3 is 2. The zero-order valence-electron chi connectivity index (χ0n) is 18.4. The normalized spacial score (nSPS) is 16.2. The highest BCUT2D eigenvalue weighted by atomic mass is 16.5. The largest absolute Gasteiger partial charge is 0.469 e. The van der Waals surface area contributed by atoms with Gasteiger partial charge in [-0.25, -0.2) is 0 Å². The van der Waals surface area contributed by atoms with E-state index in [9.17, 15) is 14.4 Å². The molecule has 0 saturated carbocycles. The number of likely N-dealkylation sites (N-methyl/N-ethyl adjacent to an activating group) is 1. The van der Waals surface area contributed by atoms with Crippen LogP contribution in [0.4, 0.5) is 0 Å². The predicted octanol–water partition coefficient (Wildman–Crippen LogP) is 2.67. The Morgan fingerprint density at radius 1 is 0.815 bits per heavy atom. The molecule has 0 spiro atoms. The van der Waals surface area contributed by atoms with Crippen LogP contribution < -0.4 is 0 Å². The molecule has 0 aliphatic rings. The molecule has 0 fully saturated rings. The van der Waals surface area contributed by atoms with Gasteiger partial charge in [0, 0.05) is 6.54 Å². The van der Waals surface area contributed by atoms with E-state index >= 15 is 0 Å². The third-order valence-electron chi connectivity index (χ3n) is 5.07. The summed E-state index contributed by atoms with van der Waals surface area (Å²) in [6.45, 7) is 9.74. The molecule has 0 aliphatic heterocycles. The smallest absolute Gasteiger partial charge is 0.311 e. The van der Waals surface area contributed by atoms with Gasteiger partial charge in [-0.1, -0.05) is 6.92 Å². The topological polar surface area (TPSA) is 82.1 Å². The van der Waals surface area contributed by atoms with E-state index in [2.05, 4.69) is 0 Å². The van der Waals surface area contributed by atoms with E-state index in [1.807, 2.05) is 25.9 Å². The summed E-state index contributed by atoms with van der Waals surface area (Å²) < 4.78 is 15.3. The van der Waals surface area contributed by atoms with E-state index in [1.165, 1.54) is 14.2 Å². The average Bonchev–Trinajstić information content (AvgIpc) is 2.58. The molecule has 0 saturated heterocycles. The molecular formula is C20H37NO6. The molecule has 0 aromatic carbocycles. The molecule has 7 nitrogen and oxygen atoms in total. The van der Waals surface area contributed by atoms with E-state index in [4.69, 9.17) is 14.2 Å². The quantitative estimate of drug-likeness (QED) is 0.398. The van der Waals surface area contributed by atoms with Crippen LogP contribution in [0.1, 0.15) is 53.9 Å². The zero-order valence-corrected chi connectivity index (χ0v) is 18.4. The summed E-state index contributed by atoms with van der Waals surface area (Å²) in [4.78, 5) is 39.4. The molecule has 27 heavy (non-hydrogen) atoms. The van der Waals surface area contributed by atoms with Crippen LogP contribution in [0.25, 0.3) is 0 Å². The van der Waals surface area contributed by atoms with E-state index in [1.54, 1.807) is 27.7 Å². The van der Waals surface area contributed by atoms with Gasteiger partial charge in [-0.05, 0) is 61.1 Å². The van der Waals surface area contributed by atoms with E-state index < -0.39 is 28.2 Å². The molecular weight excluding hydrogens is 350 g/mol. The highest BCUT2D eigenvalue weighted by Gasteiger charge is 2.49. The fourth-order valence-electron chi connectivity index (χ4n) is 3.47. The minimum absolute atomic E-state index is 0.194. The van der Waals surface area contributed by atoms with Gasteiger partial charge in [-0.3, -0.25) is 14.4 Å². The van der Waals surface area contributed by atoms with Crippen molar-refractivity contribution in [2.75, 3.05) is 41.5 Å². The Morgan fingerprint density at radius 2 is 1.33 bits per heavy atom. The summed E-state index contributed by atoms with van der Waals surface area (Å²) in [5.74, 6) is -1.22. The lowest BCUT2D eigenvalue weighted by Gasteiger charge is -2.39. The van der Waals surface area contributed by atoms with Gasteiger partial charge in [0.2, 0.25) is 0 Å². The predicted molar refractivity (Wildman–Crippen MR) is 103 cm³/mol. The van der Waals surface area contributed by atoms with Crippen molar-refractivity contribution in [2.24, 2.45) is 16.2 Å². The van der Waals surface area contributed by atoms with Crippen molar-refractivity contribution in [1.82, 2.24) is 4.90 Å². The molecule has 0 aromatic heterocycles. The summed E-state index contributed by atoms with van der Waals surface area (Å²) in [5, 5.41) is 0. The molecule has 0 radical (unpaired) electrons. The number of hydrogen-bond acceptors (Lipinski definition) is 7. The van der Waals surface area contributed by atoms with Crippen LogP contribution in [-0.4, -0.2) is 64.3 Å². The summed E-state index contributed by atoms with van der Waals surface area (Å²) in [6, 6.07) is 0.